The quantitative estimate of drug-likeness (QED) is 0.549. The highest BCUT2D eigenvalue weighted by atomic mass is 16.4. The SMILES string of the molecule is O=C(O)C(CO)N(c1cccc2ccccc12)c1cccc2ccccc12. The van der Waals surface area contributed by atoms with Crippen molar-refractivity contribution in [3.63, 3.8) is 0 Å². The van der Waals surface area contributed by atoms with Crippen LogP contribution in [0.15, 0.2) is 84.9 Å². The van der Waals surface area contributed by atoms with E-state index in [2.05, 4.69) is 0 Å². The third-order valence-electron chi connectivity index (χ3n) is 4.82. The molecule has 0 aliphatic carbocycles. The van der Waals surface area contributed by atoms with Crippen molar-refractivity contribution in [3.05, 3.63) is 84.9 Å². The van der Waals surface area contributed by atoms with Crippen LogP contribution in [0.25, 0.3) is 21.5 Å². The Morgan fingerprint density at radius 2 is 1.19 bits per heavy atom. The average Bonchev–Trinajstić information content (AvgIpc) is 2.71. The maximum Gasteiger partial charge on any atom is 0.329 e. The second kappa shape index (κ2) is 7.09. The van der Waals surface area contributed by atoms with Crippen LogP contribution in [0.1, 0.15) is 0 Å². The standard InChI is InChI=1S/C23H19NO3/c25-15-22(23(26)27)24(20-13-5-9-16-7-1-3-11-18(16)20)21-14-6-10-17-8-2-4-12-19(17)21/h1-14,22,25H,15H2,(H,26,27). The molecule has 0 aliphatic heterocycles. The van der Waals surface area contributed by atoms with Crippen LogP contribution in [0.3, 0.4) is 0 Å². The lowest BCUT2D eigenvalue weighted by Crippen LogP contribution is -2.41. The zero-order valence-corrected chi connectivity index (χ0v) is 14.6. The summed E-state index contributed by atoms with van der Waals surface area (Å²) in [5.74, 6) is -1.07. The van der Waals surface area contributed by atoms with E-state index in [1.807, 2.05) is 84.9 Å². The molecule has 1 atom stereocenters. The van der Waals surface area contributed by atoms with Gasteiger partial charge in [-0.3, -0.25) is 0 Å². The van der Waals surface area contributed by atoms with Gasteiger partial charge < -0.3 is 15.1 Å². The van der Waals surface area contributed by atoms with E-state index in [1.54, 1.807) is 4.90 Å². The molecule has 4 nitrogen and oxygen atoms in total. The van der Waals surface area contributed by atoms with Crippen LogP contribution >= 0.6 is 0 Å². The fourth-order valence-electron chi connectivity index (χ4n) is 3.57. The van der Waals surface area contributed by atoms with Crippen molar-refractivity contribution < 1.29 is 15.0 Å². The fourth-order valence-corrected chi connectivity index (χ4v) is 3.57. The summed E-state index contributed by atoms with van der Waals surface area (Å²) in [6.07, 6.45) is 0. The molecule has 0 saturated carbocycles. The lowest BCUT2D eigenvalue weighted by Gasteiger charge is -2.32. The minimum Gasteiger partial charge on any atom is -0.480 e. The van der Waals surface area contributed by atoms with Gasteiger partial charge in [0.05, 0.1) is 6.61 Å². The number of fused-ring (bicyclic) bond motifs is 2. The minimum absolute atomic E-state index is 0.498. The van der Waals surface area contributed by atoms with E-state index in [1.165, 1.54) is 0 Å². The lowest BCUT2D eigenvalue weighted by molar-refractivity contribution is -0.139. The molecule has 4 rings (SSSR count). The Balaban J connectivity index is 2.04. The molecular formula is C23H19NO3. The summed E-state index contributed by atoms with van der Waals surface area (Å²) in [6, 6.07) is 26.2. The number of hydrogen-bond acceptors (Lipinski definition) is 3. The third kappa shape index (κ3) is 3.00. The Kier molecular flexibility index (Phi) is 4.48. The van der Waals surface area contributed by atoms with Crippen LogP contribution in [0.4, 0.5) is 11.4 Å². The van der Waals surface area contributed by atoms with Crippen molar-refractivity contribution in [2.75, 3.05) is 11.5 Å². The van der Waals surface area contributed by atoms with Gasteiger partial charge in [-0.05, 0) is 22.9 Å². The Morgan fingerprint density at radius 3 is 1.63 bits per heavy atom. The Morgan fingerprint density at radius 1 is 0.741 bits per heavy atom. The average molecular weight is 357 g/mol. The first kappa shape index (κ1) is 17.1. The van der Waals surface area contributed by atoms with Crippen molar-refractivity contribution in [2.24, 2.45) is 0 Å². The molecule has 4 heteroatoms. The maximum absolute atomic E-state index is 12.0. The molecule has 0 aliphatic rings. The van der Waals surface area contributed by atoms with Crippen molar-refractivity contribution in [3.8, 4) is 0 Å². The number of aliphatic hydroxyl groups excluding tert-OH is 1. The number of aliphatic hydroxyl groups is 1. The van der Waals surface area contributed by atoms with Gasteiger partial charge in [-0.1, -0.05) is 72.8 Å². The van der Waals surface area contributed by atoms with Gasteiger partial charge in [0.25, 0.3) is 0 Å². The molecule has 0 heterocycles. The summed E-state index contributed by atoms with van der Waals surface area (Å²) in [4.78, 5) is 13.7. The minimum atomic E-state index is -1.10. The van der Waals surface area contributed by atoms with Gasteiger partial charge in [-0.15, -0.1) is 0 Å². The number of benzene rings is 4. The number of rotatable bonds is 5. The Hall–Kier alpha value is -3.37. The highest BCUT2D eigenvalue weighted by molar-refractivity contribution is 6.03. The third-order valence-corrected chi connectivity index (χ3v) is 4.82. The molecule has 27 heavy (non-hydrogen) atoms. The molecule has 1 unspecified atom stereocenters. The molecule has 0 amide bonds. The zero-order chi connectivity index (χ0) is 18.8. The number of hydrogen-bond donors (Lipinski definition) is 2. The number of carbonyl (C=O) groups is 1. The fraction of sp³-hybridized carbons (Fsp3) is 0.0870. The molecular weight excluding hydrogens is 338 g/mol. The smallest absolute Gasteiger partial charge is 0.329 e. The maximum atomic E-state index is 12.0. The predicted molar refractivity (Wildman–Crippen MR) is 109 cm³/mol. The molecule has 4 aromatic rings. The van der Waals surface area contributed by atoms with Gasteiger partial charge in [0.2, 0.25) is 0 Å². The summed E-state index contributed by atoms with van der Waals surface area (Å²) in [6.45, 7) is -0.498. The predicted octanol–water partition coefficient (Wildman–Crippen LogP) is 4.58. The van der Waals surface area contributed by atoms with Crippen molar-refractivity contribution in [2.45, 2.75) is 6.04 Å². The Bertz CT molecular complexity index is 1030. The number of carboxylic acids is 1. The normalized spacial score (nSPS) is 12.2. The van der Waals surface area contributed by atoms with Crippen LogP contribution in [0, 0.1) is 0 Å². The first-order valence-electron chi connectivity index (χ1n) is 8.79. The summed E-state index contributed by atoms with van der Waals surface area (Å²) >= 11 is 0. The monoisotopic (exact) mass is 357 g/mol. The van der Waals surface area contributed by atoms with Gasteiger partial charge in [-0.25, -0.2) is 4.79 Å². The molecule has 0 spiro atoms. The molecule has 4 aromatic carbocycles. The van der Waals surface area contributed by atoms with Gasteiger partial charge in [0.1, 0.15) is 0 Å². The first-order chi connectivity index (χ1) is 13.2. The van der Waals surface area contributed by atoms with Crippen LogP contribution in [-0.4, -0.2) is 28.8 Å². The van der Waals surface area contributed by atoms with E-state index in [0.29, 0.717) is 0 Å². The first-order valence-corrected chi connectivity index (χ1v) is 8.79. The highest BCUT2D eigenvalue weighted by Crippen LogP contribution is 2.37. The summed E-state index contributed by atoms with van der Waals surface area (Å²) in [7, 11) is 0. The molecule has 134 valence electrons. The second-order valence-corrected chi connectivity index (χ2v) is 6.40. The van der Waals surface area contributed by atoms with Gasteiger partial charge in [0, 0.05) is 22.1 Å². The van der Waals surface area contributed by atoms with Crippen LogP contribution < -0.4 is 4.90 Å². The molecule has 0 saturated heterocycles. The molecule has 0 aromatic heterocycles. The molecule has 0 radical (unpaired) electrons. The van der Waals surface area contributed by atoms with E-state index in [4.69, 9.17) is 0 Å². The van der Waals surface area contributed by atoms with Crippen LogP contribution in [-0.2, 0) is 4.79 Å². The van der Waals surface area contributed by atoms with Gasteiger partial charge in [-0.2, -0.15) is 0 Å². The topological polar surface area (TPSA) is 60.8 Å². The van der Waals surface area contributed by atoms with Crippen LogP contribution in [0.5, 0.6) is 0 Å². The van der Waals surface area contributed by atoms with Crippen molar-refractivity contribution in [1.82, 2.24) is 0 Å². The lowest BCUT2D eigenvalue weighted by atomic mass is 10.0. The van der Waals surface area contributed by atoms with Crippen molar-refractivity contribution >= 4 is 38.9 Å². The van der Waals surface area contributed by atoms with E-state index >= 15 is 0 Å². The second-order valence-electron chi connectivity index (χ2n) is 6.40. The zero-order valence-electron chi connectivity index (χ0n) is 14.6. The number of aliphatic carboxylic acids is 1. The number of carboxylic acid groups (broad SMARTS) is 1. The number of nitrogens with zero attached hydrogens (tertiary/aromatic N) is 1. The number of anilines is 2. The van der Waals surface area contributed by atoms with E-state index < -0.39 is 18.6 Å². The van der Waals surface area contributed by atoms with E-state index in [-0.39, 0.29) is 0 Å². The van der Waals surface area contributed by atoms with Crippen LogP contribution in [0.2, 0.25) is 0 Å². The molecule has 0 fully saturated rings. The summed E-state index contributed by atoms with van der Waals surface area (Å²) < 4.78 is 0. The summed E-state index contributed by atoms with van der Waals surface area (Å²) in [5.41, 5.74) is 1.51. The highest BCUT2D eigenvalue weighted by Gasteiger charge is 2.28. The van der Waals surface area contributed by atoms with Gasteiger partial charge >= 0.3 is 5.97 Å². The largest absolute Gasteiger partial charge is 0.480 e. The van der Waals surface area contributed by atoms with Gasteiger partial charge in [0.15, 0.2) is 6.04 Å². The molecule has 2 N–H and O–H groups in total. The molecule has 0 bridgehead atoms. The van der Waals surface area contributed by atoms with E-state index in [0.717, 1.165) is 32.9 Å². The summed E-state index contributed by atoms with van der Waals surface area (Å²) in [5, 5.41) is 23.6. The Labute approximate surface area is 156 Å². The van der Waals surface area contributed by atoms with Crippen molar-refractivity contribution in [1.29, 1.82) is 0 Å². The van der Waals surface area contributed by atoms with E-state index in [9.17, 15) is 15.0 Å².